The maximum atomic E-state index is 12.6. The largest absolute Gasteiger partial charge is 0.469 e. The lowest BCUT2D eigenvalue weighted by Crippen LogP contribution is -2.35. The number of aromatic nitrogens is 1. The zero-order chi connectivity index (χ0) is 18.1. The second-order valence-electron chi connectivity index (χ2n) is 5.75. The summed E-state index contributed by atoms with van der Waals surface area (Å²) in [5, 5.41) is 0. The third-order valence-electron chi connectivity index (χ3n) is 3.72. The van der Waals surface area contributed by atoms with Crippen molar-refractivity contribution < 1.29 is 14.3 Å². The van der Waals surface area contributed by atoms with Gasteiger partial charge in [-0.15, -0.1) is 0 Å². The summed E-state index contributed by atoms with van der Waals surface area (Å²) >= 11 is 0. The van der Waals surface area contributed by atoms with Crippen LogP contribution in [0, 0.1) is 5.92 Å². The number of hydrogen-bond donors (Lipinski definition) is 0. The molecule has 2 aromatic rings. The average Bonchev–Trinajstić information content (AvgIpc) is 2.66. The topological polar surface area (TPSA) is 59.5 Å². The van der Waals surface area contributed by atoms with Crippen LogP contribution in [0.25, 0.3) is 6.08 Å². The summed E-state index contributed by atoms with van der Waals surface area (Å²) < 4.78 is 4.76. The van der Waals surface area contributed by atoms with Crippen LogP contribution in [-0.2, 0) is 20.9 Å². The Bertz CT molecular complexity index is 714. The minimum absolute atomic E-state index is 0.163. The van der Waals surface area contributed by atoms with Gasteiger partial charge in [0.2, 0.25) is 5.91 Å². The van der Waals surface area contributed by atoms with E-state index in [1.165, 1.54) is 13.2 Å². The highest BCUT2D eigenvalue weighted by Gasteiger charge is 2.20. The fourth-order valence-electron chi connectivity index (χ4n) is 2.39. The molecule has 0 saturated carbocycles. The number of hydrogen-bond acceptors (Lipinski definition) is 4. The number of esters is 1. The van der Waals surface area contributed by atoms with Crippen LogP contribution in [0.3, 0.4) is 0 Å². The van der Waals surface area contributed by atoms with Crippen molar-refractivity contribution >= 4 is 18.0 Å². The molecule has 0 saturated heterocycles. The minimum Gasteiger partial charge on any atom is -0.469 e. The highest BCUT2D eigenvalue weighted by molar-refractivity contribution is 5.92. The number of nitrogens with zero attached hydrogens (tertiary/aromatic N) is 2. The summed E-state index contributed by atoms with van der Waals surface area (Å²) in [6.07, 6.45) is 6.68. The van der Waals surface area contributed by atoms with Crippen LogP contribution in [0.4, 0.5) is 0 Å². The van der Waals surface area contributed by atoms with E-state index >= 15 is 0 Å². The van der Waals surface area contributed by atoms with Crippen LogP contribution >= 0.6 is 0 Å². The summed E-state index contributed by atoms with van der Waals surface area (Å²) in [6, 6.07) is 13.3. The van der Waals surface area contributed by atoms with Crippen LogP contribution in [0.2, 0.25) is 0 Å². The zero-order valence-electron chi connectivity index (χ0n) is 14.5. The van der Waals surface area contributed by atoms with E-state index in [1.807, 2.05) is 42.5 Å². The number of methoxy groups -OCH3 is 1. The predicted molar refractivity (Wildman–Crippen MR) is 96.3 cm³/mol. The molecule has 0 fully saturated rings. The molecule has 0 radical (unpaired) electrons. The molecule has 5 nitrogen and oxygen atoms in total. The molecule has 1 heterocycles. The van der Waals surface area contributed by atoms with E-state index < -0.39 is 5.92 Å². The van der Waals surface area contributed by atoms with E-state index in [9.17, 15) is 9.59 Å². The highest BCUT2D eigenvalue weighted by Crippen LogP contribution is 2.10. The van der Waals surface area contributed by atoms with E-state index in [4.69, 9.17) is 4.74 Å². The first-order chi connectivity index (χ1) is 12.1. The molecule has 1 aromatic carbocycles. The quantitative estimate of drug-likeness (QED) is 0.575. The van der Waals surface area contributed by atoms with Crippen molar-refractivity contribution in [3.8, 4) is 0 Å². The molecule has 1 aromatic heterocycles. The highest BCUT2D eigenvalue weighted by atomic mass is 16.5. The summed E-state index contributed by atoms with van der Waals surface area (Å²) in [6.45, 7) is 2.41. The van der Waals surface area contributed by atoms with Gasteiger partial charge in [-0.3, -0.25) is 14.6 Å². The van der Waals surface area contributed by atoms with Crippen molar-refractivity contribution in [1.29, 1.82) is 0 Å². The molecule has 0 spiro atoms. The van der Waals surface area contributed by atoms with Gasteiger partial charge in [0.25, 0.3) is 0 Å². The lowest BCUT2D eigenvalue weighted by molar-refractivity contribution is -0.146. The lowest BCUT2D eigenvalue weighted by atomic mass is 10.1. The van der Waals surface area contributed by atoms with Crippen LogP contribution in [0.15, 0.2) is 60.9 Å². The van der Waals surface area contributed by atoms with Gasteiger partial charge >= 0.3 is 5.97 Å². The summed E-state index contributed by atoms with van der Waals surface area (Å²) in [5.74, 6) is -0.907. The molecule has 0 N–H and O–H groups in total. The Hall–Kier alpha value is -2.95. The number of ether oxygens (including phenoxy) is 1. The molecular weight excluding hydrogens is 316 g/mol. The first-order valence-electron chi connectivity index (χ1n) is 8.09. The molecule has 2 rings (SSSR count). The number of rotatable bonds is 7. The summed E-state index contributed by atoms with van der Waals surface area (Å²) in [5.41, 5.74) is 1.85. The van der Waals surface area contributed by atoms with Gasteiger partial charge in [-0.05, 0) is 23.3 Å². The predicted octanol–water partition coefficient (Wildman–Crippen LogP) is 2.93. The van der Waals surface area contributed by atoms with Crippen molar-refractivity contribution in [3.05, 3.63) is 72.1 Å². The van der Waals surface area contributed by atoms with Gasteiger partial charge in [-0.2, -0.15) is 0 Å². The smallest absolute Gasteiger partial charge is 0.310 e. The van der Waals surface area contributed by atoms with Gasteiger partial charge in [0, 0.05) is 31.6 Å². The number of amides is 1. The Morgan fingerprint density at radius 3 is 2.60 bits per heavy atom. The Balaban J connectivity index is 2.13. The second kappa shape index (κ2) is 9.37. The maximum Gasteiger partial charge on any atom is 0.310 e. The van der Waals surface area contributed by atoms with Crippen molar-refractivity contribution in [3.63, 3.8) is 0 Å². The van der Waals surface area contributed by atoms with Crippen molar-refractivity contribution in [2.24, 2.45) is 5.92 Å². The van der Waals surface area contributed by atoms with Gasteiger partial charge < -0.3 is 9.64 Å². The fraction of sp³-hybridized carbons (Fsp3) is 0.250. The molecule has 5 heteroatoms. The third-order valence-corrected chi connectivity index (χ3v) is 3.72. The minimum atomic E-state index is -0.407. The molecule has 130 valence electrons. The van der Waals surface area contributed by atoms with E-state index in [1.54, 1.807) is 30.3 Å². The molecule has 1 unspecified atom stereocenters. The summed E-state index contributed by atoms with van der Waals surface area (Å²) in [4.78, 5) is 30.0. The van der Waals surface area contributed by atoms with Gasteiger partial charge in [-0.1, -0.05) is 43.3 Å². The third kappa shape index (κ3) is 5.88. The van der Waals surface area contributed by atoms with Crippen LogP contribution < -0.4 is 0 Å². The molecule has 0 bridgehead atoms. The van der Waals surface area contributed by atoms with Crippen LogP contribution in [0.5, 0.6) is 0 Å². The van der Waals surface area contributed by atoms with Crippen molar-refractivity contribution in [2.75, 3.05) is 13.7 Å². The first kappa shape index (κ1) is 18.4. The Kier molecular flexibility index (Phi) is 6.89. The van der Waals surface area contributed by atoms with Crippen molar-refractivity contribution in [1.82, 2.24) is 9.88 Å². The lowest BCUT2D eigenvalue weighted by Gasteiger charge is -2.24. The molecular formula is C20H22N2O3. The molecule has 1 amide bonds. The standard InChI is InChI=1S/C20H22N2O3/c1-16(20(24)25-2)14-22(15-18-9-6-12-21-13-18)19(23)11-10-17-7-4-3-5-8-17/h3-13,16H,14-15H2,1-2H3/b11-10+. The fourth-order valence-corrected chi connectivity index (χ4v) is 2.39. The van der Waals surface area contributed by atoms with Crippen LogP contribution in [0.1, 0.15) is 18.1 Å². The Labute approximate surface area is 147 Å². The summed E-state index contributed by atoms with van der Waals surface area (Å²) in [7, 11) is 1.35. The molecule has 0 aliphatic rings. The number of carbonyl (C=O) groups is 2. The zero-order valence-corrected chi connectivity index (χ0v) is 14.5. The average molecular weight is 338 g/mol. The normalized spacial score (nSPS) is 11.9. The molecule has 25 heavy (non-hydrogen) atoms. The van der Waals surface area contributed by atoms with E-state index in [0.29, 0.717) is 6.54 Å². The SMILES string of the molecule is COC(=O)C(C)CN(Cc1cccnc1)C(=O)/C=C/c1ccccc1. The number of benzene rings is 1. The van der Waals surface area contributed by atoms with Gasteiger partial charge in [-0.25, -0.2) is 0 Å². The number of carbonyl (C=O) groups excluding carboxylic acids is 2. The van der Waals surface area contributed by atoms with Gasteiger partial charge in [0.1, 0.15) is 0 Å². The van der Waals surface area contributed by atoms with E-state index in [-0.39, 0.29) is 18.4 Å². The Morgan fingerprint density at radius 2 is 1.96 bits per heavy atom. The molecule has 0 aliphatic heterocycles. The Morgan fingerprint density at radius 1 is 1.20 bits per heavy atom. The van der Waals surface area contributed by atoms with Gasteiger partial charge in [0.15, 0.2) is 0 Å². The maximum absolute atomic E-state index is 12.6. The number of pyridine rings is 1. The van der Waals surface area contributed by atoms with E-state index in [2.05, 4.69) is 4.98 Å². The van der Waals surface area contributed by atoms with Gasteiger partial charge in [0.05, 0.1) is 13.0 Å². The van der Waals surface area contributed by atoms with Crippen molar-refractivity contribution in [2.45, 2.75) is 13.5 Å². The monoisotopic (exact) mass is 338 g/mol. The van der Waals surface area contributed by atoms with E-state index in [0.717, 1.165) is 11.1 Å². The first-order valence-corrected chi connectivity index (χ1v) is 8.09. The van der Waals surface area contributed by atoms with Crippen LogP contribution in [-0.4, -0.2) is 35.4 Å². The molecule has 0 aliphatic carbocycles. The molecule has 1 atom stereocenters. The second-order valence-corrected chi connectivity index (χ2v) is 5.75.